The summed E-state index contributed by atoms with van der Waals surface area (Å²) in [5.74, 6) is -4.83. The maximum absolute atomic E-state index is 10.7. The van der Waals surface area contributed by atoms with E-state index in [1.807, 2.05) is 0 Å². The van der Waals surface area contributed by atoms with Crippen molar-refractivity contribution in [3.05, 3.63) is 21.2 Å². The topological polar surface area (TPSA) is 141 Å². The van der Waals surface area contributed by atoms with Crippen molar-refractivity contribution in [1.82, 2.24) is 0 Å². The van der Waals surface area contributed by atoms with Gasteiger partial charge < -0.3 is 20.4 Å². The van der Waals surface area contributed by atoms with Crippen LogP contribution in [-0.4, -0.2) is 31.3 Å². The van der Waals surface area contributed by atoms with Gasteiger partial charge in [0, 0.05) is 5.56 Å². The number of nitro benzene ring substituents is 1. The molecule has 0 bridgehead atoms. The highest BCUT2D eigenvalue weighted by molar-refractivity contribution is 5.98. The highest BCUT2D eigenvalue weighted by atomic mass is 16.6. The van der Waals surface area contributed by atoms with Crippen LogP contribution in [0.25, 0.3) is 0 Å². The fourth-order valence-corrected chi connectivity index (χ4v) is 1.20. The Hall–Kier alpha value is -2.51. The smallest absolute Gasteiger partial charge is 0.346 e. The monoisotopic (exact) mass is 229 g/mol. The normalized spacial score (nSPS) is 10.1. The molecule has 0 spiro atoms. The summed E-state index contributed by atoms with van der Waals surface area (Å²) in [7, 11) is 0. The molecule has 0 aromatic heterocycles. The molecule has 0 unspecified atom stereocenters. The summed E-state index contributed by atoms with van der Waals surface area (Å²) in [6.45, 7) is 1.11. The number of hydrogen-bond donors (Lipinski definition) is 4. The van der Waals surface area contributed by atoms with E-state index in [0.717, 1.165) is 6.92 Å². The minimum atomic E-state index is -1.78. The van der Waals surface area contributed by atoms with Crippen LogP contribution in [0.4, 0.5) is 5.69 Å². The largest absolute Gasteiger partial charge is 0.506 e. The molecular formula is C8H7NO7. The minimum absolute atomic E-state index is 0.347. The Balaban J connectivity index is 3.83. The van der Waals surface area contributed by atoms with Crippen LogP contribution in [-0.2, 0) is 0 Å². The van der Waals surface area contributed by atoms with E-state index >= 15 is 0 Å². The van der Waals surface area contributed by atoms with Crippen LogP contribution in [0.15, 0.2) is 0 Å². The van der Waals surface area contributed by atoms with Crippen molar-refractivity contribution < 1.29 is 30.1 Å². The standard InChI is InChI=1S/C8H7NO7/c1-2-5(10)3(8(13)14)4(9(15)16)7(12)6(2)11/h10-12H,1H3,(H,13,14). The zero-order valence-corrected chi connectivity index (χ0v) is 7.96. The van der Waals surface area contributed by atoms with Gasteiger partial charge in [0.2, 0.25) is 5.75 Å². The van der Waals surface area contributed by atoms with E-state index in [1.54, 1.807) is 0 Å². The summed E-state index contributed by atoms with van der Waals surface area (Å²) >= 11 is 0. The number of carbonyl (C=O) groups is 1. The second-order valence-electron chi connectivity index (χ2n) is 2.96. The van der Waals surface area contributed by atoms with Crippen LogP contribution in [0.1, 0.15) is 15.9 Å². The molecule has 0 heterocycles. The number of benzene rings is 1. The van der Waals surface area contributed by atoms with E-state index in [2.05, 4.69) is 0 Å². The summed E-state index contributed by atoms with van der Waals surface area (Å²) < 4.78 is 0. The van der Waals surface area contributed by atoms with Crippen LogP contribution in [0, 0.1) is 17.0 Å². The lowest BCUT2D eigenvalue weighted by Crippen LogP contribution is -2.04. The average molecular weight is 229 g/mol. The zero-order valence-electron chi connectivity index (χ0n) is 7.96. The van der Waals surface area contributed by atoms with Crippen LogP contribution in [0.2, 0.25) is 0 Å². The predicted octanol–water partition coefficient (Wildman–Crippen LogP) is 0.718. The van der Waals surface area contributed by atoms with E-state index in [1.165, 1.54) is 0 Å². The fraction of sp³-hybridized carbons (Fsp3) is 0.125. The molecule has 0 saturated heterocycles. The van der Waals surface area contributed by atoms with E-state index in [-0.39, 0.29) is 5.56 Å². The summed E-state index contributed by atoms with van der Waals surface area (Å²) in [4.78, 5) is 20.0. The molecule has 0 fully saturated rings. The molecule has 0 aliphatic carbocycles. The lowest BCUT2D eigenvalue weighted by molar-refractivity contribution is -0.386. The Bertz CT molecular complexity index is 449. The van der Waals surface area contributed by atoms with Crippen molar-refractivity contribution in [2.75, 3.05) is 0 Å². The van der Waals surface area contributed by atoms with Gasteiger partial charge in [0.05, 0.1) is 4.92 Å². The Kier molecular flexibility index (Phi) is 2.58. The summed E-state index contributed by atoms with van der Waals surface area (Å²) in [6, 6.07) is 0. The van der Waals surface area contributed by atoms with Gasteiger partial charge in [0.15, 0.2) is 11.3 Å². The number of carboxylic acid groups (broad SMARTS) is 1. The first-order chi connectivity index (χ1) is 7.29. The third-order valence-corrected chi connectivity index (χ3v) is 2.03. The first-order valence-electron chi connectivity index (χ1n) is 3.94. The van der Waals surface area contributed by atoms with Gasteiger partial charge >= 0.3 is 11.7 Å². The van der Waals surface area contributed by atoms with Crippen molar-refractivity contribution in [2.45, 2.75) is 6.92 Å². The van der Waals surface area contributed by atoms with Gasteiger partial charge in [-0.1, -0.05) is 0 Å². The van der Waals surface area contributed by atoms with Crippen LogP contribution in [0.5, 0.6) is 17.2 Å². The molecule has 1 aromatic carbocycles. The third kappa shape index (κ3) is 1.45. The Morgan fingerprint density at radius 1 is 1.19 bits per heavy atom. The maximum Gasteiger partial charge on any atom is 0.346 e. The number of phenolic OH excluding ortho intramolecular Hbond substituents is 2. The molecule has 8 heteroatoms. The molecule has 4 N–H and O–H groups in total. The highest BCUT2D eigenvalue weighted by Crippen LogP contribution is 2.46. The van der Waals surface area contributed by atoms with Gasteiger partial charge in [-0.15, -0.1) is 0 Å². The second-order valence-corrected chi connectivity index (χ2v) is 2.96. The predicted molar refractivity (Wildman–Crippen MR) is 49.8 cm³/mol. The molecule has 0 aliphatic rings. The van der Waals surface area contributed by atoms with E-state index in [9.17, 15) is 30.2 Å². The maximum atomic E-state index is 10.7. The highest BCUT2D eigenvalue weighted by Gasteiger charge is 2.33. The van der Waals surface area contributed by atoms with Crippen molar-refractivity contribution >= 4 is 11.7 Å². The molecule has 0 radical (unpaired) electrons. The number of nitrogens with zero attached hydrogens (tertiary/aromatic N) is 1. The van der Waals surface area contributed by atoms with Crippen molar-refractivity contribution in [1.29, 1.82) is 0 Å². The fourth-order valence-electron chi connectivity index (χ4n) is 1.20. The Morgan fingerprint density at radius 3 is 2.06 bits per heavy atom. The number of aromatic hydroxyl groups is 3. The van der Waals surface area contributed by atoms with Crippen molar-refractivity contribution in [2.24, 2.45) is 0 Å². The number of aromatic carboxylic acids is 1. The molecule has 0 aliphatic heterocycles. The van der Waals surface area contributed by atoms with Crippen LogP contribution < -0.4 is 0 Å². The average Bonchev–Trinajstić information content (AvgIpc) is 2.18. The summed E-state index contributed by atoms with van der Waals surface area (Å²) in [5.41, 5.74) is -2.65. The van der Waals surface area contributed by atoms with Crippen molar-refractivity contribution in [3.8, 4) is 17.2 Å². The number of rotatable bonds is 2. The lowest BCUT2D eigenvalue weighted by atomic mass is 10.1. The number of nitro groups is 1. The summed E-state index contributed by atoms with van der Waals surface area (Å²) in [6.07, 6.45) is 0. The zero-order chi connectivity index (χ0) is 12.6. The molecule has 86 valence electrons. The summed E-state index contributed by atoms with van der Waals surface area (Å²) in [5, 5.41) is 47.0. The van der Waals surface area contributed by atoms with Crippen LogP contribution >= 0.6 is 0 Å². The number of carboxylic acids is 1. The first-order valence-corrected chi connectivity index (χ1v) is 3.94. The Morgan fingerprint density at radius 2 is 1.69 bits per heavy atom. The molecular weight excluding hydrogens is 222 g/mol. The molecule has 1 rings (SSSR count). The number of hydrogen-bond acceptors (Lipinski definition) is 6. The van der Waals surface area contributed by atoms with E-state index < -0.39 is 39.4 Å². The van der Waals surface area contributed by atoms with Crippen molar-refractivity contribution in [3.63, 3.8) is 0 Å². The third-order valence-electron chi connectivity index (χ3n) is 2.03. The number of phenols is 3. The van der Waals surface area contributed by atoms with E-state index in [0.29, 0.717) is 0 Å². The van der Waals surface area contributed by atoms with Gasteiger partial charge in [-0.25, -0.2) is 4.79 Å². The SMILES string of the molecule is Cc1c(O)c(O)c([N+](=O)[O-])c(C(=O)O)c1O. The van der Waals surface area contributed by atoms with Gasteiger partial charge in [0.25, 0.3) is 0 Å². The molecule has 0 saturated carbocycles. The molecule has 1 aromatic rings. The molecule has 0 amide bonds. The van der Waals surface area contributed by atoms with Crippen LogP contribution in [0.3, 0.4) is 0 Å². The molecule has 0 atom stereocenters. The van der Waals surface area contributed by atoms with Gasteiger partial charge in [0.1, 0.15) is 5.75 Å². The quantitative estimate of drug-likeness (QED) is 0.253. The Labute approximate surface area is 88.2 Å². The first kappa shape index (κ1) is 11.6. The van der Waals surface area contributed by atoms with Gasteiger partial charge in [-0.2, -0.15) is 0 Å². The van der Waals surface area contributed by atoms with Gasteiger partial charge in [-0.05, 0) is 6.92 Å². The molecule has 16 heavy (non-hydrogen) atoms. The minimum Gasteiger partial charge on any atom is -0.506 e. The van der Waals surface area contributed by atoms with E-state index in [4.69, 9.17) is 5.11 Å². The lowest BCUT2D eigenvalue weighted by Gasteiger charge is -2.08. The van der Waals surface area contributed by atoms with Gasteiger partial charge in [-0.3, -0.25) is 10.1 Å². The molecule has 8 nitrogen and oxygen atoms in total. The second kappa shape index (κ2) is 3.57.